The minimum absolute atomic E-state index is 0.157. The molecule has 0 unspecified atom stereocenters. The first-order valence-corrected chi connectivity index (χ1v) is 5.35. The van der Waals surface area contributed by atoms with Crippen LogP contribution in [0.2, 0.25) is 0 Å². The van der Waals surface area contributed by atoms with Crippen LogP contribution in [-0.4, -0.2) is 27.0 Å². The van der Waals surface area contributed by atoms with Gasteiger partial charge < -0.3 is 20.6 Å². The van der Waals surface area contributed by atoms with Gasteiger partial charge in [-0.25, -0.2) is 4.98 Å². The number of carbonyl (C=O) groups is 1. The fourth-order valence-electron chi connectivity index (χ4n) is 1.56. The van der Waals surface area contributed by atoms with Crippen LogP contribution in [-0.2, 0) is 13.5 Å². The number of hydrogen-bond donors (Lipinski definition) is 3. The minimum atomic E-state index is -0.157. The Kier molecular flexibility index (Phi) is 3.13. The Hall–Kier alpha value is -2.24. The first-order chi connectivity index (χ1) is 8.16. The van der Waals surface area contributed by atoms with Gasteiger partial charge in [-0.3, -0.25) is 4.79 Å². The number of nitrogens with zero attached hydrogens (tertiary/aromatic N) is 2. The van der Waals surface area contributed by atoms with E-state index in [1.54, 1.807) is 18.5 Å². The van der Waals surface area contributed by atoms with Crippen LogP contribution in [0.25, 0.3) is 0 Å². The van der Waals surface area contributed by atoms with Crippen LogP contribution < -0.4 is 11.1 Å². The lowest BCUT2D eigenvalue weighted by atomic mass is 10.3. The van der Waals surface area contributed by atoms with Gasteiger partial charge in [-0.2, -0.15) is 0 Å². The van der Waals surface area contributed by atoms with Gasteiger partial charge in [0.05, 0.1) is 0 Å². The third-order valence-electron chi connectivity index (χ3n) is 2.51. The molecule has 6 nitrogen and oxygen atoms in total. The Morgan fingerprint density at radius 2 is 2.47 bits per heavy atom. The summed E-state index contributed by atoms with van der Waals surface area (Å²) in [5.41, 5.74) is 6.55. The van der Waals surface area contributed by atoms with Crippen molar-refractivity contribution < 1.29 is 4.79 Å². The second-order valence-electron chi connectivity index (χ2n) is 3.81. The normalized spacial score (nSPS) is 10.4. The van der Waals surface area contributed by atoms with Crippen LogP contribution in [0.15, 0.2) is 24.7 Å². The molecule has 0 fully saturated rings. The quantitative estimate of drug-likeness (QED) is 0.709. The summed E-state index contributed by atoms with van der Waals surface area (Å²) in [6.07, 6.45) is 5.91. The minimum Gasteiger partial charge on any atom is -0.397 e. The van der Waals surface area contributed by atoms with Crippen LogP contribution in [0, 0.1) is 0 Å². The topological polar surface area (TPSA) is 88.7 Å². The molecule has 0 bridgehead atoms. The van der Waals surface area contributed by atoms with Crippen LogP contribution in [0.4, 0.5) is 5.69 Å². The predicted molar refractivity (Wildman–Crippen MR) is 64.5 cm³/mol. The van der Waals surface area contributed by atoms with E-state index >= 15 is 0 Å². The Bertz CT molecular complexity index is 513. The third kappa shape index (κ3) is 2.66. The number of amides is 1. The molecule has 0 aliphatic heterocycles. The number of rotatable bonds is 4. The van der Waals surface area contributed by atoms with Gasteiger partial charge >= 0.3 is 0 Å². The van der Waals surface area contributed by atoms with Gasteiger partial charge in [0.15, 0.2) is 0 Å². The number of carbonyl (C=O) groups excluding carboxylic acids is 1. The van der Waals surface area contributed by atoms with E-state index in [0.717, 1.165) is 5.82 Å². The average molecular weight is 233 g/mol. The summed E-state index contributed by atoms with van der Waals surface area (Å²) in [6.45, 7) is 0.544. The summed E-state index contributed by atoms with van der Waals surface area (Å²) in [5.74, 6) is 0.784. The van der Waals surface area contributed by atoms with Crippen molar-refractivity contribution in [2.75, 3.05) is 12.3 Å². The molecule has 17 heavy (non-hydrogen) atoms. The first kappa shape index (κ1) is 11.3. The molecule has 6 heteroatoms. The van der Waals surface area contributed by atoms with Crippen molar-refractivity contribution in [2.45, 2.75) is 6.42 Å². The Morgan fingerprint density at radius 3 is 3.06 bits per heavy atom. The average Bonchev–Trinajstić information content (AvgIpc) is 2.88. The molecule has 2 heterocycles. The van der Waals surface area contributed by atoms with Gasteiger partial charge in [0.2, 0.25) is 0 Å². The maximum atomic E-state index is 11.6. The molecule has 0 saturated carbocycles. The molecule has 90 valence electrons. The second kappa shape index (κ2) is 4.73. The monoisotopic (exact) mass is 233 g/mol. The highest BCUT2D eigenvalue weighted by Gasteiger charge is 2.07. The molecule has 2 rings (SSSR count). The molecule has 0 saturated heterocycles. The highest BCUT2D eigenvalue weighted by atomic mass is 16.1. The van der Waals surface area contributed by atoms with Crippen molar-refractivity contribution >= 4 is 11.6 Å². The third-order valence-corrected chi connectivity index (χ3v) is 2.51. The van der Waals surface area contributed by atoms with E-state index in [4.69, 9.17) is 5.73 Å². The highest BCUT2D eigenvalue weighted by Crippen LogP contribution is 2.04. The van der Waals surface area contributed by atoms with Gasteiger partial charge in [-0.15, -0.1) is 0 Å². The van der Waals surface area contributed by atoms with Crippen LogP contribution in [0.1, 0.15) is 16.3 Å². The van der Waals surface area contributed by atoms with Gasteiger partial charge in [0.25, 0.3) is 5.91 Å². The number of nitrogens with one attached hydrogen (secondary N) is 2. The zero-order chi connectivity index (χ0) is 12.3. The van der Waals surface area contributed by atoms with Crippen LogP contribution in [0.5, 0.6) is 0 Å². The van der Waals surface area contributed by atoms with E-state index in [-0.39, 0.29) is 5.91 Å². The highest BCUT2D eigenvalue weighted by molar-refractivity contribution is 5.93. The van der Waals surface area contributed by atoms with E-state index < -0.39 is 0 Å². The molecule has 0 spiro atoms. The molecule has 0 aliphatic carbocycles. The lowest BCUT2D eigenvalue weighted by molar-refractivity contribution is 0.0949. The number of nitrogens with two attached hydrogens (primary N) is 1. The van der Waals surface area contributed by atoms with Crippen molar-refractivity contribution in [1.29, 1.82) is 0 Å². The summed E-state index contributed by atoms with van der Waals surface area (Å²) in [7, 11) is 1.93. The van der Waals surface area contributed by atoms with Crippen molar-refractivity contribution in [3.8, 4) is 0 Å². The molecule has 0 aromatic carbocycles. The van der Waals surface area contributed by atoms with Gasteiger partial charge in [0, 0.05) is 44.3 Å². The number of aromatic amines is 1. The molecule has 0 atom stereocenters. The fourth-order valence-corrected chi connectivity index (χ4v) is 1.56. The molecular formula is C11H15N5O. The van der Waals surface area contributed by atoms with E-state index in [9.17, 15) is 4.79 Å². The zero-order valence-electron chi connectivity index (χ0n) is 9.60. The predicted octanol–water partition coefficient (Wildman–Crippen LogP) is 0.303. The summed E-state index contributed by atoms with van der Waals surface area (Å²) >= 11 is 0. The molecule has 0 radical (unpaired) electrons. The van der Waals surface area contributed by atoms with Crippen molar-refractivity contribution in [1.82, 2.24) is 19.9 Å². The summed E-state index contributed by atoms with van der Waals surface area (Å²) in [4.78, 5) is 18.6. The number of imidazole rings is 1. The molecular weight excluding hydrogens is 218 g/mol. The molecule has 2 aromatic rings. The second-order valence-corrected chi connectivity index (χ2v) is 3.81. The number of H-pyrrole nitrogens is 1. The molecule has 2 aromatic heterocycles. The number of aromatic nitrogens is 3. The Labute approximate surface area is 98.8 Å². The van der Waals surface area contributed by atoms with Crippen molar-refractivity contribution in [3.63, 3.8) is 0 Å². The first-order valence-electron chi connectivity index (χ1n) is 5.35. The standard InChI is InChI=1S/C11H15N5O/c1-16-5-4-13-10(16)2-3-14-11(17)9-6-8(12)7-15-9/h4-7,15H,2-3,12H2,1H3,(H,14,17). The van der Waals surface area contributed by atoms with E-state index in [1.807, 2.05) is 17.8 Å². The molecule has 0 aliphatic rings. The van der Waals surface area contributed by atoms with Crippen LogP contribution in [0.3, 0.4) is 0 Å². The Morgan fingerprint density at radius 1 is 1.65 bits per heavy atom. The van der Waals surface area contributed by atoms with E-state index in [1.165, 1.54) is 0 Å². The SMILES string of the molecule is Cn1ccnc1CCNC(=O)c1cc(N)c[nH]1. The maximum absolute atomic E-state index is 11.6. The summed E-state index contributed by atoms with van der Waals surface area (Å²) in [5, 5.41) is 2.80. The smallest absolute Gasteiger partial charge is 0.267 e. The summed E-state index contributed by atoms with van der Waals surface area (Å²) in [6, 6.07) is 1.61. The van der Waals surface area contributed by atoms with Gasteiger partial charge in [-0.1, -0.05) is 0 Å². The number of nitrogen functional groups attached to an aromatic ring is 1. The van der Waals surface area contributed by atoms with Gasteiger partial charge in [-0.05, 0) is 6.07 Å². The maximum Gasteiger partial charge on any atom is 0.267 e. The Balaban J connectivity index is 1.83. The van der Waals surface area contributed by atoms with Crippen molar-refractivity contribution in [2.24, 2.45) is 7.05 Å². The largest absolute Gasteiger partial charge is 0.397 e. The van der Waals surface area contributed by atoms with Crippen molar-refractivity contribution in [3.05, 3.63) is 36.2 Å². The lowest BCUT2D eigenvalue weighted by Crippen LogP contribution is -2.26. The van der Waals surface area contributed by atoms with Gasteiger partial charge in [0.1, 0.15) is 11.5 Å². The lowest BCUT2D eigenvalue weighted by Gasteiger charge is -2.03. The zero-order valence-corrected chi connectivity index (χ0v) is 9.60. The number of hydrogen-bond acceptors (Lipinski definition) is 3. The summed E-state index contributed by atoms with van der Waals surface area (Å²) < 4.78 is 1.93. The number of aryl methyl sites for hydroxylation is 1. The van der Waals surface area contributed by atoms with Crippen LogP contribution >= 0.6 is 0 Å². The fraction of sp³-hybridized carbons (Fsp3) is 0.273. The van der Waals surface area contributed by atoms with E-state index in [2.05, 4.69) is 15.3 Å². The number of anilines is 1. The molecule has 4 N–H and O–H groups in total. The molecule has 1 amide bonds. The van der Waals surface area contributed by atoms with E-state index in [0.29, 0.717) is 24.3 Å².